The molecule has 0 saturated heterocycles. The van der Waals surface area contributed by atoms with Crippen LogP contribution in [-0.2, 0) is 17.6 Å². The molecule has 2 N–H and O–H groups in total. The molecule has 2 amide bonds. The van der Waals surface area contributed by atoms with Crippen LogP contribution in [0.5, 0.6) is 0 Å². The van der Waals surface area contributed by atoms with Gasteiger partial charge in [-0.25, -0.2) is 4.39 Å². The number of benzene rings is 3. The standard InChI is InChI=1S/C33H35ClFN3O3/c1-5-6-7-8-15-28-31(32(38-41-28)30-26(34)13-10-14-27(30)35)33(40)37-24-12-9-11-23(18-24)19-29(39)36-25-16-20(2)22(4)21(3)17-25/h9-14,16-18H,5-8,15,19H2,1-4H3,(H,36,39)(H,37,40). The number of aryl methyl sites for hydroxylation is 3. The minimum absolute atomic E-state index is 0.0230. The molecule has 0 spiro atoms. The highest BCUT2D eigenvalue weighted by molar-refractivity contribution is 6.33. The lowest BCUT2D eigenvalue weighted by molar-refractivity contribution is -0.115. The first kappa shape index (κ1) is 30.0. The van der Waals surface area contributed by atoms with Crippen LogP contribution in [-0.4, -0.2) is 17.0 Å². The molecule has 0 fully saturated rings. The number of nitrogens with zero attached hydrogens (tertiary/aromatic N) is 1. The van der Waals surface area contributed by atoms with Crippen molar-refractivity contribution in [2.24, 2.45) is 0 Å². The number of carbonyl (C=O) groups excluding carboxylic acids is 2. The van der Waals surface area contributed by atoms with Gasteiger partial charge >= 0.3 is 0 Å². The van der Waals surface area contributed by atoms with Crippen molar-refractivity contribution in [2.45, 2.75) is 66.2 Å². The average molecular weight is 576 g/mol. The summed E-state index contributed by atoms with van der Waals surface area (Å²) in [7, 11) is 0. The quantitative estimate of drug-likeness (QED) is 0.175. The van der Waals surface area contributed by atoms with Gasteiger partial charge in [0, 0.05) is 17.8 Å². The summed E-state index contributed by atoms with van der Waals surface area (Å²) in [5, 5.41) is 10.0. The molecular weight excluding hydrogens is 541 g/mol. The molecule has 4 aromatic rings. The molecule has 1 aromatic heterocycles. The van der Waals surface area contributed by atoms with Crippen molar-refractivity contribution in [1.29, 1.82) is 0 Å². The Morgan fingerprint density at radius 3 is 2.37 bits per heavy atom. The van der Waals surface area contributed by atoms with Crippen LogP contribution in [0, 0.1) is 26.6 Å². The van der Waals surface area contributed by atoms with Crippen molar-refractivity contribution in [3.05, 3.63) is 99.0 Å². The van der Waals surface area contributed by atoms with Crippen LogP contribution in [0.4, 0.5) is 15.8 Å². The zero-order valence-electron chi connectivity index (χ0n) is 23.9. The topological polar surface area (TPSA) is 84.2 Å². The van der Waals surface area contributed by atoms with E-state index in [1.165, 1.54) is 17.7 Å². The number of carbonyl (C=O) groups is 2. The highest BCUT2D eigenvalue weighted by Gasteiger charge is 2.27. The Balaban J connectivity index is 1.54. The molecule has 0 radical (unpaired) electrons. The van der Waals surface area contributed by atoms with Crippen LogP contribution in [0.1, 0.15) is 71.0 Å². The van der Waals surface area contributed by atoms with E-state index in [1.807, 2.05) is 32.0 Å². The lowest BCUT2D eigenvalue weighted by Crippen LogP contribution is -2.16. The number of hydrogen-bond donors (Lipinski definition) is 2. The molecule has 3 aromatic carbocycles. The van der Waals surface area contributed by atoms with Gasteiger partial charge in [-0.15, -0.1) is 0 Å². The lowest BCUT2D eigenvalue weighted by atomic mass is 10.0. The van der Waals surface area contributed by atoms with Gasteiger partial charge in [0.2, 0.25) is 5.91 Å². The van der Waals surface area contributed by atoms with E-state index in [-0.39, 0.29) is 34.2 Å². The first-order valence-corrected chi connectivity index (χ1v) is 14.3. The molecule has 41 heavy (non-hydrogen) atoms. The third-order valence-electron chi connectivity index (χ3n) is 7.21. The second-order valence-electron chi connectivity index (χ2n) is 10.4. The Morgan fingerprint density at radius 2 is 1.66 bits per heavy atom. The third-order valence-corrected chi connectivity index (χ3v) is 7.52. The number of hydrogen-bond acceptors (Lipinski definition) is 4. The van der Waals surface area contributed by atoms with Crippen LogP contribution in [0.25, 0.3) is 11.3 Å². The molecule has 0 bridgehead atoms. The summed E-state index contributed by atoms with van der Waals surface area (Å²) in [5.74, 6) is -0.865. The van der Waals surface area contributed by atoms with Gasteiger partial charge in [-0.3, -0.25) is 9.59 Å². The van der Waals surface area contributed by atoms with E-state index in [0.717, 1.165) is 48.1 Å². The number of rotatable bonds is 11. The van der Waals surface area contributed by atoms with E-state index in [4.69, 9.17) is 16.1 Å². The fourth-order valence-corrected chi connectivity index (χ4v) is 5.04. The number of halogens is 2. The molecular formula is C33H35ClFN3O3. The van der Waals surface area contributed by atoms with Crippen molar-refractivity contribution in [1.82, 2.24) is 5.16 Å². The summed E-state index contributed by atoms with van der Waals surface area (Å²) < 4.78 is 20.4. The molecule has 8 heteroatoms. The lowest BCUT2D eigenvalue weighted by Gasteiger charge is -2.12. The molecule has 0 atom stereocenters. The van der Waals surface area contributed by atoms with Crippen LogP contribution < -0.4 is 10.6 Å². The predicted octanol–water partition coefficient (Wildman–Crippen LogP) is 8.62. The molecule has 4 rings (SSSR count). The van der Waals surface area contributed by atoms with Gasteiger partial charge in [0.1, 0.15) is 22.8 Å². The van der Waals surface area contributed by atoms with E-state index in [2.05, 4.69) is 29.6 Å². The van der Waals surface area contributed by atoms with E-state index in [9.17, 15) is 14.0 Å². The highest BCUT2D eigenvalue weighted by Crippen LogP contribution is 2.34. The molecule has 0 unspecified atom stereocenters. The van der Waals surface area contributed by atoms with Gasteiger partial charge < -0.3 is 15.2 Å². The Kier molecular flexibility index (Phi) is 9.95. The van der Waals surface area contributed by atoms with E-state index >= 15 is 0 Å². The Hall–Kier alpha value is -3.97. The molecule has 0 aliphatic carbocycles. The van der Waals surface area contributed by atoms with Gasteiger partial charge in [-0.1, -0.05) is 61.1 Å². The van der Waals surface area contributed by atoms with E-state index < -0.39 is 11.7 Å². The monoisotopic (exact) mass is 575 g/mol. The SMILES string of the molecule is CCCCCCc1onc(-c2c(F)cccc2Cl)c1C(=O)Nc1cccc(CC(=O)Nc2cc(C)c(C)c(C)c2)c1. The largest absolute Gasteiger partial charge is 0.360 e. The smallest absolute Gasteiger partial charge is 0.261 e. The summed E-state index contributed by atoms with van der Waals surface area (Å²) >= 11 is 6.32. The average Bonchev–Trinajstić information content (AvgIpc) is 3.33. The second kappa shape index (κ2) is 13.6. The molecule has 0 aliphatic rings. The fourth-order valence-electron chi connectivity index (χ4n) is 4.79. The van der Waals surface area contributed by atoms with Crippen LogP contribution >= 0.6 is 11.6 Å². The van der Waals surface area contributed by atoms with Crippen molar-refractivity contribution >= 4 is 34.8 Å². The van der Waals surface area contributed by atoms with Crippen LogP contribution in [0.3, 0.4) is 0 Å². The zero-order valence-corrected chi connectivity index (χ0v) is 24.6. The number of amides is 2. The van der Waals surface area contributed by atoms with Gasteiger partial charge in [-0.05, 0) is 85.8 Å². The molecule has 214 valence electrons. The maximum Gasteiger partial charge on any atom is 0.261 e. The second-order valence-corrected chi connectivity index (χ2v) is 10.8. The summed E-state index contributed by atoms with van der Waals surface area (Å²) in [6.07, 6.45) is 4.52. The maximum absolute atomic E-state index is 14.8. The normalized spacial score (nSPS) is 11.0. The number of anilines is 2. The Labute approximate surface area is 245 Å². The van der Waals surface area contributed by atoms with E-state index in [0.29, 0.717) is 17.9 Å². The maximum atomic E-state index is 14.8. The molecule has 0 aliphatic heterocycles. The highest BCUT2D eigenvalue weighted by atomic mass is 35.5. The van der Waals surface area contributed by atoms with Gasteiger partial charge in [0.05, 0.1) is 17.0 Å². The van der Waals surface area contributed by atoms with Gasteiger partial charge in [-0.2, -0.15) is 0 Å². The van der Waals surface area contributed by atoms with Crippen LogP contribution in [0.15, 0.2) is 59.1 Å². The Morgan fingerprint density at radius 1 is 0.927 bits per heavy atom. The summed E-state index contributed by atoms with van der Waals surface area (Å²) in [5.41, 5.74) is 5.63. The van der Waals surface area contributed by atoms with Crippen molar-refractivity contribution in [3.8, 4) is 11.3 Å². The first-order valence-electron chi connectivity index (χ1n) is 13.9. The summed E-state index contributed by atoms with van der Waals surface area (Å²) in [6.45, 7) is 8.20. The zero-order chi connectivity index (χ0) is 29.5. The molecule has 0 saturated carbocycles. The van der Waals surface area contributed by atoms with Crippen LogP contribution in [0.2, 0.25) is 5.02 Å². The Bertz CT molecular complexity index is 1520. The van der Waals surface area contributed by atoms with Gasteiger partial charge in [0.15, 0.2) is 0 Å². The van der Waals surface area contributed by atoms with Crippen molar-refractivity contribution in [2.75, 3.05) is 10.6 Å². The summed E-state index contributed by atoms with van der Waals surface area (Å²) in [4.78, 5) is 26.4. The molecule has 6 nitrogen and oxygen atoms in total. The van der Waals surface area contributed by atoms with Gasteiger partial charge in [0.25, 0.3) is 5.91 Å². The number of nitrogens with one attached hydrogen (secondary N) is 2. The number of aromatic nitrogens is 1. The fraction of sp³-hybridized carbons (Fsp3) is 0.303. The predicted molar refractivity (Wildman–Crippen MR) is 162 cm³/mol. The minimum atomic E-state index is -0.593. The third kappa shape index (κ3) is 7.41. The van der Waals surface area contributed by atoms with Crippen molar-refractivity contribution in [3.63, 3.8) is 0 Å². The van der Waals surface area contributed by atoms with Crippen molar-refractivity contribution < 1.29 is 18.5 Å². The molecule has 1 heterocycles. The summed E-state index contributed by atoms with van der Waals surface area (Å²) in [6, 6.07) is 15.3. The number of unbranched alkanes of at least 4 members (excludes halogenated alkanes) is 3. The minimum Gasteiger partial charge on any atom is -0.360 e. The van der Waals surface area contributed by atoms with E-state index in [1.54, 1.807) is 24.3 Å². The first-order chi connectivity index (χ1) is 19.7.